The lowest BCUT2D eigenvalue weighted by Crippen LogP contribution is -2.33. The number of hydrogen-bond donors (Lipinski definition) is 1. The van der Waals surface area contributed by atoms with Gasteiger partial charge in [-0.15, -0.1) is 23.4 Å². The van der Waals surface area contributed by atoms with E-state index in [4.69, 9.17) is 11.6 Å². The Morgan fingerprint density at radius 3 is 3.06 bits per heavy atom. The van der Waals surface area contributed by atoms with E-state index in [-0.39, 0.29) is 0 Å². The molecule has 1 aliphatic heterocycles. The summed E-state index contributed by atoms with van der Waals surface area (Å²) in [6.45, 7) is 3.23. The zero-order chi connectivity index (χ0) is 11.4. The highest BCUT2D eigenvalue weighted by Crippen LogP contribution is 2.38. The van der Waals surface area contributed by atoms with Gasteiger partial charge in [-0.1, -0.05) is 25.1 Å². The van der Waals surface area contributed by atoms with Crippen LogP contribution in [0.2, 0.25) is 0 Å². The van der Waals surface area contributed by atoms with Gasteiger partial charge < -0.3 is 5.32 Å². The molecule has 0 bridgehead atoms. The van der Waals surface area contributed by atoms with E-state index in [1.54, 1.807) is 0 Å². The predicted molar refractivity (Wildman–Crippen MR) is 72.7 cm³/mol. The first-order valence-electron chi connectivity index (χ1n) is 5.86. The summed E-state index contributed by atoms with van der Waals surface area (Å²) < 4.78 is 0. The number of fused-ring (bicyclic) bond motifs is 1. The Balaban J connectivity index is 1.93. The van der Waals surface area contributed by atoms with Crippen LogP contribution in [0.1, 0.15) is 24.8 Å². The maximum Gasteiger partial charge on any atom is 0.0377 e. The fourth-order valence-corrected chi connectivity index (χ4v) is 3.60. The van der Waals surface area contributed by atoms with Gasteiger partial charge in [-0.05, 0) is 18.1 Å². The van der Waals surface area contributed by atoms with Gasteiger partial charge in [0, 0.05) is 35.0 Å². The minimum absolute atomic E-state index is 0.458. The molecule has 2 unspecified atom stereocenters. The number of alkyl halides is 1. The molecule has 2 atom stereocenters. The largest absolute Gasteiger partial charge is 0.312 e. The Labute approximate surface area is 107 Å². The fourth-order valence-electron chi connectivity index (χ4n) is 2.02. The summed E-state index contributed by atoms with van der Waals surface area (Å²) in [6.07, 6.45) is 1.10. The van der Waals surface area contributed by atoms with Crippen LogP contribution >= 0.6 is 23.4 Å². The van der Waals surface area contributed by atoms with Crippen LogP contribution < -0.4 is 5.32 Å². The smallest absolute Gasteiger partial charge is 0.0377 e. The molecule has 0 radical (unpaired) electrons. The summed E-state index contributed by atoms with van der Waals surface area (Å²) in [5, 5.41) is 3.56. The van der Waals surface area contributed by atoms with Crippen LogP contribution in [0.25, 0.3) is 0 Å². The molecule has 3 heteroatoms. The van der Waals surface area contributed by atoms with Gasteiger partial charge in [0.15, 0.2) is 0 Å². The van der Waals surface area contributed by atoms with Crippen molar-refractivity contribution in [3.63, 3.8) is 0 Å². The summed E-state index contributed by atoms with van der Waals surface area (Å²) in [7, 11) is 0. The van der Waals surface area contributed by atoms with Crippen LogP contribution in [0.15, 0.2) is 29.2 Å². The Morgan fingerprint density at radius 1 is 1.50 bits per heavy atom. The van der Waals surface area contributed by atoms with Crippen LogP contribution in [0.4, 0.5) is 0 Å². The Morgan fingerprint density at radius 2 is 2.31 bits per heavy atom. The molecule has 2 rings (SSSR count). The zero-order valence-corrected chi connectivity index (χ0v) is 11.2. The topological polar surface area (TPSA) is 12.0 Å². The number of rotatable bonds is 5. The fraction of sp³-hybridized carbons (Fsp3) is 0.538. The highest BCUT2D eigenvalue weighted by atomic mass is 35.5. The average molecular weight is 256 g/mol. The van der Waals surface area contributed by atoms with Gasteiger partial charge in [0.2, 0.25) is 0 Å². The van der Waals surface area contributed by atoms with Gasteiger partial charge in [-0.3, -0.25) is 0 Å². The summed E-state index contributed by atoms with van der Waals surface area (Å²) in [4.78, 5) is 1.45. The lowest BCUT2D eigenvalue weighted by Gasteiger charge is -2.17. The monoisotopic (exact) mass is 255 g/mol. The number of hydrogen-bond acceptors (Lipinski definition) is 2. The predicted octanol–water partition coefficient (Wildman–Crippen LogP) is 3.48. The standard InChI is InChI=1S/C13H18ClNS/c1-2-11(7-14)15-8-10-9-16-13-6-4-3-5-12(10)13/h3-6,10-11,15H,2,7-9H2,1H3. The van der Waals surface area contributed by atoms with E-state index < -0.39 is 0 Å². The quantitative estimate of drug-likeness (QED) is 0.809. The van der Waals surface area contributed by atoms with Crippen LogP contribution in [-0.2, 0) is 0 Å². The first-order chi connectivity index (χ1) is 7.85. The van der Waals surface area contributed by atoms with Gasteiger partial charge >= 0.3 is 0 Å². The second-order valence-electron chi connectivity index (χ2n) is 4.21. The van der Waals surface area contributed by atoms with Gasteiger partial charge in [0.05, 0.1) is 0 Å². The summed E-state index contributed by atoms with van der Waals surface area (Å²) >= 11 is 7.86. The number of halogens is 1. The van der Waals surface area contributed by atoms with Gasteiger partial charge in [0.25, 0.3) is 0 Å². The van der Waals surface area contributed by atoms with Crippen LogP contribution in [0.3, 0.4) is 0 Å². The minimum atomic E-state index is 0.458. The van der Waals surface area contributed by atoms with Crippen LogP contribution in [0, 0.1) is 0 Å². The normalized spacial score (nSPS) is 20.8. The van der Waals surface area contributed by atoms with Crippen molar-refractivity contribution in [3.8, 4) is 0 Å². The molecular formula is C13H18ClNS. The van der Waals surface area contributed by atoms with Crippen molar-refractivity contribution in [2.24, 2.45) is 0 Å². The minimum Gasteiger partial charge on any atom is -0.312 e. The lowest BCUT2D eigenvalue weighted by molar-refractivity contribution is 0.514. The molecule has 0 fully saturated rings. The van der Waals surface area contributed by atoms with E-state index in [1.165, 1.54) is 16.2 Å². The van der Waals surface area contributed by atoms with E-state index in [9.17, 15) is 0 Å². The third kappa shape index (κ3) is 2.73. The van der Waals surface area contributed by atoms with Gasteiger partial charge in [-0.2, -0.15) is 0 Å². The van der Waals surface area contributed by atoms with Crippen molar-refractivity contribution in [3.05, 3.63) is 29.8 Å². The average Bonchev–Trinajstić information content (AvgIpc) is 2.74. The van der Waals surface area contributed by atoms with Crippen molar-refractivity contribution in [1.82, 2.24) is 5.32 Å². The van der Waals surface area contributed by atoms with Gasteiger partial charge in [0.1, 0.15) is 0 Å². The molecule has 16 heavy (non-hydrogen) atoms. The molecule has 1 nitrogen and oxygen atoms in total. The number of nitrogens with one attached hydrogen (secondary N) is 1. The first kappa shape index (κ1) is 12.3. The number of benzene rings is 1. The molecule has 1 aromatic carbocycles. The van der Waals surface area contributed by atoms with E-state index in [1.807, 2.05) is 11.8 Å². The summed E-state index contributed by atoms with van der Waals surface area (Å²) in [5.41, 5.74) is 1.50. The molecule has 1 aromatic rings. The Kier molecular flexibility index (Phi) is 4.56. The maximum atomic E-state index is 5.89. The third-order valence-corrected chi connectivity index (χ3v) is 4.76. The summed E-state index contributed by atoms with van der Waals surface area (Å²) in [5.74, 6) is 2.56. The number of thioether (sulfide) groups is 1. The highest BCUT2D eigenvalue weighted by Gasteiger charge is 2.22. The Bertz CT molecular complexity index is 338. The van der Waals surface area contributed by atoms with Crippen molar-refractivity contribution >= 4 is 23.4 Å². The van der Waals surface area contributed by atoms with E-state index in [0.717, 1.165) is 13.0 Å². The van der Waals surface area contributed by atoms with Crippen molar-refractivity contribution < 1.29 is 0 Å². The highest BCUT2D eigenvalue weighted by molar-refractivity contribution is 7.99. The molecule has 1 N–H and O–H groups in total. The third-order valence-electron chi connectivity index (χ3n) is 3.13. The second-order valence-corrected chi connectivity index (χ2v) is 5.58. The second kappa shape index (κ2) is 5.95. The molecule has 0 spiro atoms. The van der Waals surface area contributed by atoms with E-state index >= 15 is 0 Å². The molecule has 1 aliphatic rings. The summed E-state index contributed by atoms with van der Waals surface area (Å²) in [6, 6.07) is 9.19. The van der Waals surface area contributed by atoms with Crippen LogP contribution in [-0.4, -0.2) is 24.2 Å². The van der Waals surface area contributed by atoms with Crippen molar-refractivity contribution in [1.29, 1.82) is 0 Å². The van der Waals surface area contributed by atoms with E-state index in [2.05, 4.69) is 36.5 Å². The first-order valence-corrected chi connectivity index (χ1v) is 7.38. The van der Waals surface area contributed by atoms with E-state index in [0.29, 0.717) is 17.8 Å². The molecule has 0 saturated heterocycles. The molecule has 0 aromatic heterocycles. The SMILES string of the molecule is CCC(CCl)NCC1CSc2ccccc21. The molecule has 0 amide bonds. The van der Waals surface area contributed by atoms with Crippen molar-refractivity contribution in [2.45, 2.75) is 30.2 Å². The van der Waals surface area contributed by atoms with Crippen LogP contribution in [0.5, 0.6) is 0 Å². The zero-order valence-electron chi connectivity index (χ0n) is 9.58. The molecular weight excluding hydrogens is 238 g/mol. The molecule has 0 saturated carbocycles. The molecule has 88 valence electrons. The maximum absolute atomic E-state index is 5.89. The molecule has 1 heterocycles. The van der Waals surface area contributed by atoms with Gasteiger partial charge in [-0.25, -0.2) is 0 Å². The van der Waals surface area contributed by atoms with Crippen molar-refractivity contribution in [2.75, 3.05) is 18.2 Å². The molecule has 0 aliphatic carbocycles. The lowest BCUT2D eigenvalue weighted by atomic mass is 10.0. The Hall–Kier alpha value is -0.180.